The van der Waals surface area contributed by atoms with Gasteiger partial charge in [0, 0.05) is 36.9 Å². The minimum Gasteiger partial charge on any atom is -0.392 e. The number of rotatable bonds is 9. The number of ether oxygens (including phenoxy) is 3. The van der Waals surface area contributed by atoms with Crippen LogP contribution in [0.3, 0.4) is 0 Å². The molecule has 1 amide bonds. The van der Waals surface area contributed by atoms with Crippen molar-refractivity contribution >= 4 is 11.6 Å². The van der Waals surface area contributed by atoms with Crippen LogP contribution >= 0.6 is 0 Å². The molecule has 2 heterocycles. The van der Waals surface area contributed by atoms with Crippen LogP contribution < -0.4 is 5.32 Å². The summed E-state index contributed by atoms with van der Waals surface area (Å²) >= 11 is 0. The summed E-state index contributed by atoms with van der Waals surface area (Å²) in [5.74, 6) is -12.8. The van der Waals surface area contributed by atoms with E-state index in [9.17, 15) is 31.9 Å². The molecule has 2 N–H and O–H groups in total. The third kappa shape index (κ3) is 6.50. The van der Waals surface area contributed by atoms with Gasteiger partial charge >= 0.3 is 0 Å². The van der Waals surface area contributed by atoms with Crippen LogP contribution in [0.5, 0.6) is 0 Å². The number of benzene rings is 3. The Labute approximate surface area is 251 Å². The van der Waals surface area contributed by atoms with Crippen LogP contribution in [0.1, 0.15) is 59.2 Å². The molecule has 0 bridgehead atoms. The third-order valence-corrected chi connectivity index (χ3v) is 8.25. The summed E-state index contributed by atoms with van der Waals surface area (Å²) in [6, 6.07) is 13.7. The standard InChI is InChI=1S/C32H33F5N2O5/c1-17-23(14-39-12-4-7-22(39)16-42-2)43-32(44-30(17)19-10-8-18(15-40)9-11-19)20-5-3-6-21(13-20)38-31(41)24-25(33)27(35)29(37)28(36)26(24)34/h3,5-6,8-11,13,17,22-23,30,32,40H,4,7,12,14-16H2,1-2H3,(H,38,41)/t17-,22-,23+,30+,32+/m0/s1. The zero-order valence-corrected chi connectivity index (χ0v) is 24.2. The molecule has 0 spiro atoms. The van der Waals surface area contributed by atoms with Gasteiger partial charge in [-0.2, -0.15) is 0 Å². The van der Waals surface area contributed by atoms with Gasteiger partial charge in [0.15, 0.2) is 29.6 Å². The topological polar surface area (TPSA) is 80.3 Å². The minimum atomic E-state index is -2.35. The van der Waals surface area contributed by atoms with Gasteiger partial charge in [0.25, 0.3) is 5.91 Å². The van der Waals surface area contributed by atoms with E-state index in [1.54, 1.807) is 19.2 Å². The molecule has 0 aliphatic carbocycles. The lowest BCUT2D eigenvalue weighted by Gasteiger charge is -2.43. The van der Waals surface area contributed by atoms with E-state index in [2.05, 4.69) is 10.2 Å². The Balaban J connectivity index is 1.42. The van der Waals surface area contributed by atoms with Crippen LogP contribution in [0.25, 0.3) is 0 Å². The summed E-state index contributed by atoms with van der Waals surface area (Å²) in [6.07, 6.45) is 0.410. The summed E-state index contributed by atoms with van der Waals surface area (Å²) in [5.41, 5.74) is 0.525. The van der Waals surface area contributed by atoms with Crippen LogP contribution in [0.4, 0.5) is 27.6 Å². The molecule has 2 aliphatic heterocycles. The molecule has 0 saturated carbocycles. The van der Waals surface area contributed by atoms with E-state index in [0.717, 1.165) is 30.5 Å². The van der Waals surface area contributed by atoms with E-state index in [-0.39, 0.29) is 30.4 Å². The van der Waals surface area contributed by atoms with Gasteiger partial charge in [0.05, 0.1) is 25.4 Å². The highest BCUT2D eigenvalue weighted by Gasteiger charge is 2.40. The fraction of sp³-hybridized carbons (Fsp3) is 0.406. The zero-order chi connectivity index (χ0) is 31.5. The molecule has 2 saturated heterocycles. The van der Waals surface area contributed by atoms with Crippen LogP contribution in [-0.2, 0) is 20.8 Å². The molecule has 7 nitrogen and oxygen atoms in total. The van der Waals surface area contributed by atoms with E-state index in [4.69, 9.17) is 14.2 Å². The largest absolute Gasteiger partial charge is 0.392 e. The van der Waals surface area contributed by atoms with Gasteiger partial charge in [-0.05, 0) is 42.6 Å². The van der Waals surface area contributed by atoms with Crippen LogP contribution in [0.15, 0.2) is 48.5 Å². The molecule has 0 radical (unpaired) electrons. The highest BCUT2D eigenvalue weighted by molar-refractivity contribution is 6.04. The average Bonchev–Trinajstić information content (AvgIpc) is 3.46. The Morgan fingerprint density at radius 1 is 0.977 bits per heavy atom. The fourth-order valence-electron chi connectivity index (χ4n) is 5.84. The van der Waals surface area contributed by atoms with Crippen LogP contribution in [-0.4, -0.2) is 54.9 Å². The molecule has 5 atom stereocenters. The first-order valence-electron chi connectivity index (χ1n) is 14.3. The Hall–Kier alpha value is -3.42. The Bertz CT molecular complexity index is 1460. The van der Waals surface area contributed by atoms with Crippen molar-refractivity contribution in [3.05, 3.63) is 99.9 Å². The zero-order valence-electron chi connectivity index (χ0n) is 24.2. The van der Waals surface area contributed by atoms with Crippen LogP contribution in [0.2, 0.25) is 0 Å². The van der Waals surface area contributed by atoms with Gasteiger partial charge in [-0.25, -0.2) is 22.0 Å². The predicted octanol–water partition coefficient (Wildman–Crippen LogP) is 6.03. The number of halogens is 5. The highest BCUT2D eigenvalue weighted by atomic mass is 19.2. The number of methoxy groups -OCH3 is 1. The second-order valence-corrected chi connectivity index (χ2v) is 11.1. The lowest BCUT2D eigenvalue weighted by atomic mass is 9.90. The summed E-state index contributed by atoms with van der Waals surface area (Å²) in [5, 5.41) is 11.7. The first kappa shape index (κ1) is 32.0. The second kappa shape index (κ2) is 13.7. The SMILES string of the molecule is COC[C@@H]1CCCN1C[C@H]1O[C@@H](c2cccc(NC(=O)c3c(F)c(F)c(F)c(F)c3F)c2)O[C@@H](c2ccc(CO)cc2)[C@H]1C. The normalized spacial score (nSPS) is 24.0. The van der Waals surface area contributed by atoms with Crippen molar-refractivity contribution in [2.75, 3.05) is 32.1 Å². The van der Waals surface area contributed by atoms with E-state index in [1.807, 2.05) is 31.2 Å². The van der Waals surface area contributed by atoms with E-state index < -0.39 is 53.0 Å². The summed E-state index contributed by atoms with van der Waals surface area (Å²) in [4.78, 5) is 15.0. The molecule has 12 heteroatoms. The van der Waals surface area contributed by atoms with Crippen LogP contribution in [0, 0.1) is 35.0 Å². The van der Waals surface area contributed by atoms with Crippen molar-refractivity contribution in [1.29, 1.82) is 0 Å². The number of carbonyl (C=O) groups excluding carboxylic acids is 1. The number of anilines is 1. The Morgan fingerprint density at radius 3 is 2.32 bits per heavy atom. The molecule has 2 aliphatic rings. The number of likely N-dealkylation sites (tertiary alicyclic amines) is 1. The predicted molar refractivity (Wildman–Crippen MR) is 150 cm³/mol. The molecular formula is C32H33F5N2O5. The van der Waals surface area contributed by atoms with Crippen molar-refractivity contribution < 1.29 is 46.1 Å². The molecule has 2 fully saturated rings. The van der Waals surface area contributed by atoms with E-state index in [1.165, 1.54) is 12.1 Å². The molecule has 3 aromatic carbocycles. The number of aliphatic hydroxyl groups is 1. The highest BCUT2D eigenvalue weighted by Crippen LogP contribution is 2.42. The fourth-order valence-corrected chi connectivity index (χ4v) is 5.84. The number of aliphatic hydroxyl groups excluding tert-OH is 1. The van der Waals surface area contributed by atoms with Gasteiger partial charge in [-0.1, -0.05) is 43.3 Å². The van der Waals surface area contributed by atoms with Gasteiger partial charge in [-0.3, -0.25) is 9.69 Å². The number of carbonyl (C=O) groups is 1. The lowest BCUT2D eigenvalue weighted by Crippen LogP contribution is -2.46. The number of hydrogen-bond acceptors (Lipinski definition) is 6. The molecule has 0 unspecified atom stereocenters. The van der Waals surface area contributed by atoms with E-state index in [0.29, 0.717) is 18.7 Å². The number of nitrogens with zero attached hydrogens (tertiary/aromatic N) is 1. The maximum Gasteiger partial charge on any atom is 0.261 e. The minimum absolute atomic E-state index is 0.0300. The van der Waals surface area contributed by atoms with Crippen molar-refractivity contribution in [3.63, 3.8) is 0 Å². The monoisotopic (exact) mass is 620 g/mol. The number of amides is 1. The molecule has 3 aromatic rings. The molecule has 44 heavy (non-hydrogen) atoms. The smallest absolute Gasteiger partial charge is 0.261 e. The average molecular weight is 621 g/mol. The second-order valence-electron chi connectivity index (χ2n) is 11.1. The molecule has 0 aromatic heterocycles. The first-order valence-corrected chi connectivity index (χ1v) is 14.3. The first-order chi connectivity index (χ1) is 21.1. The molecule has 236 valence electrons. The van der Waals surface area contributed by atoms with Crippen molar-refractivity contribution in [2.24, 2.45) is 5.92 Å². The quantitative estimate of drug-likeness (QED) is 0.173. The van der Waals surface area contributed by atoms with E-state index >= 15 is 0 Å². The van der Waals surface area contributed by atoms with Gasteiger partial charge in [0.1, 0.15) is 5.56 Å². The molecular weight excluding hydrogens is 587 g/mol. The third-order valence-electron chi connectivity index (χ3n) is 8.25. The lowest BCUT2D eigenvalue weighted by molar-refractivity contribution is -0.276. The maximum atomic E-state index is 14.3. The van der Waals surface area contributed by atoms with Crippen molar-refractivity contribution in [1.82, 2.24) is 4.90 Å². The van der Waals surface area contributed by atoms with Gasteiger partial charge < -0.3 is 24.6 Å². The summed E-state index contributed by atoms with van der Waals surface area (Å²) in [7, 11) is 1.67. The Morgan fingerprint density at radius 2 is 1.66 bits per heavy atom. The summed E-state index contributed by atoms with van der Waals surface area (Å²) in [6.45, 7) is 4.03. The summed E-state index contributed by atoms with van der Waals surface area (Å²) < 4.78 is 87.7. The van der Waals surface area contributed by atoms with Crippen molar-refractivity contribution in [3.8, 4) is 0 Å². The maximum absolute atomic E-state index is 14.3. The Kier molecular flexibility index (Phi) is 9.96. The van der Waals surface area contributed by atoms with Gasteiger partial charge in [-0.15, -0.1) is 0 Å². The van der Waals surface area contributed by atoms with Crippen molar-refractivity contribution in [2.45, 2.75) is 50.9 Å². The number of hydrogen-bond donors (Lipinski definition) is 2. The van der Waals surface area contributed by atoms with Gasteiger partial charge in [0.2, 0.25) is 5.82 Å². The molecule has 5 rings (SSSR count). The number of nitrogens with one attached hydrogen (secondary N) is 1.